The summed E-state index contributed by atoms with van der Waals surface area (Å²) in [5.74, 6) is -0.735. The third kappa shape index (κ3) is 5.42. The van der Waals surface area contributed by atoms with Gasteiger partial charge in [-0.2, -0.15) is 0 Å². The zero-order chi connectivity index (χ0) is 23.9. The number of esters is 2. The highest BCUT2D eigenvalue weighted by Crippen LogP contribution is 2.26. The molecule has 0 aromatic heterocycles. The standard InChI is InChI=1S/C28H24N2O4/c1-33-27(31)21-5-3-7-25(17-21)29-23-13-9-19(10-14-23)20-11-15-24(16-12-20)30-26-8-4-6-22(18-26)28(32)34-2/h3-18,29-30H,1-2H3. The maximum atomic E-state index is 11.7. The number of rotatable bonds is 7. The first-order chi connectivity index (χ1) is 16.6. The minimum absolute atomic E-state index is 0.367. The van der Waals surface area contributed by atoms with Gasteiger partial charge in [0.1, 0.15) is 0 Å². The zero-order valence-corrected chi connectivity index (χ0v) is 18.9. The van der Waals surface area contributed by atoms with Crippen molar-refractivity contribution in [2.24, 2.45) is 0 Å². The number of anilines is 4. The van der Waals surface area contributed by atoms with Crippen LogP contribution in [0.15, 0.2) is 97.1 Å². The molecule has 2 N–H and O–H groups in total. The number of carbonyl (C=O) groups is 2. The predicted molar refractivity (Wildman–Crippen MR) is 134 cm³/mol. The number of benzene rings is 4. The van der Waals surface area contributed by atoms with Gasteiger partial charge in [0.15, 0.2) is 0 Å². The van der Waals surface area contributed by atoms with E-state index in [4.69, 9.17) is 9.47 Å². The van der Waals surface area contributed by atoms with E-state index in [-0.39, 0.29) is 11.9 Å². The van der Waals surface area contributed by atoms with Gasteiger partial charge in [-0.25, -0.2) is 9.59 Å². The van der Waals surface area contributed by atoms with Crippen LogP contribution >= 0.6 is 0 Å². The third-order valence-corrected chi connectivity index (χ3v) is 5.25. The van der Waals surface area contributed by atoms with Crippen LogP contribution < -0.4 is 10.6 Å². The minimum Gasteiger partial charge on any atom is -0.465 e. The second-order valence-corrected chi connectivity index (χ2v) is 7.55. The van der Waals surface area contributed by atoms with Crippen molar-refractivity contribution < 1.29 is 19.1 Å². The van der Waals surface area contributed by atoms with Crippen LogP contribution in [0.4, 0.5) is 22.7 Å². The van der Waals surface area contributed by atoms with Crippen LogP contribution in [0, 0.1) is 0 Å². The summed E-state index contributed by atoms with van der Waals surface area (Å²) in [6.45, 7) is 0. The van der Waals surface area contributed by atoms with Crippen molar-refractivity contribution in [2.45, 2.75) is 0 Å². The van der Waals surface area contributed by atoms with Crippen LogP contribution in [-0.2, 0) is 9.47 Å². The molecule has 34 heavy (non-hydrogen) atoms. The molecule has 0 atom stereocenters. The van der Waals surface area contributed by atoms with Crippen molar-refractivity contribution in [3.05, 3.63) is 108 Å². The molecule has 0 amide bonds. The number of hydrogen-bond acceptors (Lipinski definition) is 6. The van der Waals surface area contributed by atoms with E-state index in [0.29, 0.717) is 11.1 Å². The van der Waals surface area contributed by atoms with Crippen molar-refractivity contribution in [3.8, 4) is 11.1 Å². The zero-order valence-electron chi connectivity index (χ0n) is 18.9. The molecule has 4 rings (SSSR count). The predicted octanol–water partition coefficient (Wildman–Crippen LogP) is 6.41. The molecule has 0 heterocycles. The van der Waals surface area contributed by atoms with Gasteiger partial charge in [-0.1, -0.05) is 36.4 Å². The van der Waals surface area contributed by atoms with Gasteiger partial charge in [-0.05, 0) is 71.8 Å². The molecule has 0 saturated carbocycles. The van der Waals surface area contributed by atoms with Crippen LogP contribution in [0.1, 0.15) is 20.7 Å². The Morgan fingerprint density at radius 3 is 1.26 bits per heavy atom. The first kappa shape index (κ1) is 22.6. The van der Waals surface area contributed by atoms with Crippen LogP contribution in [0.5, 0.6) is 0 Å². The fourth-order valence-electron chi connectivity index (χ4n) is 3.51. The molecule has 170 valence electrons. The van der Waals surface area contributed by atoms with E-state index in [9.17, 15) is 9.59 Å². The number of nitrogens with one attached hydrogen (secondary N) is 2. The molecule has 4 aromatic carbocycles. The van der Waals surface area contributed by atoms with Crippen molar-refractivity contribution in [1.82, 2.24) is 0 Å². The molecule has 0 saturated heterocycles. The van der Waals surface area contributed by atoms with E-state index in [0.717, 1.165) is 33.9 Å². The summed E-state index contributed by atoms with van der Waals surface area (Å²) in [6, 6.07) is 30.5. The Bertz CT molecular complexity index is 1200. The van der Waals surface area contributed by atoms with Crippen molar-refractivity contribution in [3.63, 3.8) is 0 Å². The quantitative estimate of drug-likeness (QED) is 0.315. The molecule has 0 fully saturated rings. The fraction of sp³-hybridized carbons (Fsp3) is 0.0714. The molecular weight excluding hydrogens is 428 g/mol. The minimum atomic E-state index is -0.367. The largest absolute Gasteiger partial charge is 0.465 e. The Hall–Kier alpha value is -4.58. The molecule has 6 heteroatoms. The molecule has 0 radical (unpaired) electrons. The molecule has 0 aliphatic rings. The number of methoxy groups -OCH3 is 2. The maximum Gasteiger partial charge on any atom is 0.337 e. The summed E-state index contributed by atoms with van der Waals surface area (Å²) in [5.41, 5.74) is 6.58. The van der Waals surface area contributed by atoms with Gasteiger partial charge in [-0.15, -0.1) is 0 Å². The normalized spacial score (nSPS) is 10.3. The SMILES string of the molecule is COC(=O)c1cccc(Nc2ccc(-c3ccc(Nc4cccc(C(=O)OC)c4)cc3)cc2)c1. The van der Waals surface area contributed by atoms with Crippen molar-refractivity contribution in [2.75, 3.05) is 24.9 Å². The lowest BCUT2D eigenvalue weighted by molar-refractivity contribution is 0.0592. The van der Waals surface area contributed by atoms with Gasteiger partial charge in [0.25, 0.3) is 0 Å². The van der Waals surface area contributed by atoms with Crippen molar-refractivity contribution >= 4 is 34.7 Å². The lowest BCUT2D eigenvalue weighted by atomic mass is 10.0. The number of hydrogen-bond donors (Lipinski definition) is 2. The van der Waals surface area contributed by atoms with Crippen molar-refractivity contribution in [1.29, 1.82) is 0 Å². The molecule has 0 aliphatic carbocycles. The van der Waals surface area contributed by atoms with Crippen LogP contribution in [-0.4, -0.2) is 26.2 Å². The van der Waals surface area contributed by atoms with E-state index in [1.54, 1.807) is 24.3 Å². The van der Waals surface area contributed by atoms with E-state index >= 15 is 0 Å². The molecule has 4 aromatic rings. The fourth-order valence-corrected chi connectivity index (χ4v) is 3.51. The van der Waals surface area contributed by atoms with Crippen LogP contribution in [0.2, 0.25) is 0 Å². The number of ether oxygens (including phenoxy) is 2. The van der Waals surface area contributed by atoms with Gasteiger partial charge in [-0.3, -0.25) is 0 Å². The summed E-state index contributed by atoms with van der Waals surface area (Å²) in [4.78, 5) is 23.5. The molecule has 0 unspecified atom stereocenters. The highest BCUT2D eigenvalue weighted by molar-refractivity contribution is 5.91. The summed E-state index contributed by atoms with van der Waals surface area (Å²) in [5, 5.41) is 6.61. The van der Waals surface area contributed by atoms with Gasteiger partial charge in [0, 0.05) is 22.7 Å². The molecule has 0 bridgehead atoms. The van der Waals surface area contributed by atoms with Crippen LogP contribution in [0.3, 0.4) is 0 Å². The average Bonchev–Trinajstić information content (AvgIpc) is 2.89. The summed E-state index contributed by atoms with van der Waals surface area (Å²) in [7, 11) is 2.73. The van der Waals surface area contributed by atoms with E-state index < -0.39 is 0 Å². The lowest BCUT2D eigenvalue weighted by Crippen LogP contribution is -2.01. The van der Waals surface area contributed by atoms with Gasteiger partial charge >= 0.3 is 11.9 Å². The Labute approximate surface area is 198 Å². The smallest absolute Gasteiger partial charge is 0.337 e. The van der Waals surface area contributed by atoms with Gasteiger partial charge in [0.05, 0.1) is 25.3 Å². The molecule has 6 nitrogen and oxygen atoms in total. The number of carbonyl (C=O) groups excluding carboxylic acids is 2. The van der Waals surface area contributed by atoms with E-state index in [1.165, 1.54) is 14.2 Å². The Balaban J connectivity index is 1.43. The first-order valence-corrected chi connectivity index (χ1v) is 10.7. The summed E-state index contributed by atoms with van der Waals surface area (Å²) >= 11 is 0. The molecular formula is C28H24N2O4. The monoisotopic (exact) mass is 452 g/mol. The van der Waals surface area contributed by atoms with Gasteiger partial charge < -0.3 is 20.1 Å². The van der Waals surface area contributed by atoms with E-state index in [1.807, 2.05) is 72.8 Å². The Kier molecular flexibility index (Phi) is 6.89. The molecule has 0 spiro atoms. The van der Waals surface area contributed by atoms with E-state index in [2.05, 4.69) is 10.6 Å². The van der Waals surface area contributed by atoms with Crippen LogP contribution in [0.25, 0.3) is 11.1 Å². The summed E-state index contributed by atoms with van der Waals surface area (Å²) < 4.78 is 9.55. The first-order valence-electron chi connectivity index (χ1n) is 10.7. The Morgan fingerprint density at radius 2 is 0.912 bits per heavy atom. The van der Waals surface area contributed by atoms with Gasteiger partial charge in [0.2, 0.25) is 0 Å². The Morgan fingerprint density at radius 1 is 0.529 bits per heavy atom. The second-order valence-electron chi connectivity index (χ2n) is 7.55. The highest BCUT2D eigenvalue weighted by atomic mass is 16.5. The average molecular weight is 453 g/mol. The highest BCUT2D eigenvalue weighted by Gasteiger charge is 2.07. The molecule has 0 aliphatic heterocycles. The lowest BCUT2D eigenvalue weighted by Gasteiger charge is -2.10. The second kappa shape index (κ2) is 10.4. The summed E-state index contributed by atoms with van der Waals surface area (Å²) in [6.07, 6.45) is 0. The maximum absolute atomic E-state index is 11.7. The topological polar surface area (TPSA) is 76.7 Å². The third-order valence-electron chi connectivity index (χ3n) is 5.25.